The number of nitrogens with two attached hydrogens (primary N) is 2. The van der Waals surface area contributed by atoms with Crippen LogP contribution in [0.1, 0.15) is 31.9 Å². The van der Waals surface area contributed by atoms with Crippen LogP contribution in [0.4, 0.5) is 0 Å². The maximum Gasteiger partial charge on any atom is 0.328 e. The highest BCUT2D eigenvalue weighted by atomic mass is 16.5. The second-order valence-corrected chi connectivity index (χ2v) is 5.68. The summed E-state index contributed by atoms with van der Waals surface area (Å²) in [4.78, 5) is 24.0. The molecule has 1 rings (SSSR count). The average molecular weight is 307 g/mol. The molecule has 0 heterocycles. The van der Waals surface area contributed by atoms with E-state index in [9.17, 15) is 9.59 Å². The van der Waals surface area contributed by atoms with Crippen LogP contribution in [0, 0.1) is 5.92 Å². The number of benzene rings is 1. The summed E-state index contributed by atoms with van der Waals surface area (Å²) in [7, 11) is 1.29. The Morgan fingerprint density at radius 3 is 2.27 bits per heavy atom. The number of methoxy groups -OCH3 is 1. The van der Waals surface area contributed by atoms with E-state index in [1.54, 1.807) is 0 Å². The molecule has 1 aromatic carbocycles. The first-order chi connectivity index (χ1) is 10.4. The van der Waals surface area contributed by atoms with Crippen molar-refractivity contribution in [3.05, 3.63) is 35.9 Å². The van der Waals surface area contributed by atoms with Gasteiger partial charge in [-0.1, -0.05) is 44.2 Å². The average Bonchev–Trinajstić information content (AvgIpc) is 2.52. The molecule has 6 nitrogen and oxygen atoms in total. The van der Waals surface area contributed by atoms with Gasteiger partial charge in [-0.15, -0.1) is 0 Å². The summed E-state index contributed by atoms with van der Waals surface area (Å²) < 4.78 is 4.71. The van der Waals surface area contributed by atoms with Crippen molar-refractivity contribution < 1.29 is 14.3 Å². The molecule has 3 unspecified atom stereocenters. The van der Waals surface area contributed by atoms with Gasteiger partial charge in [0, 0.05) is 0 Å². The molecule has 0 spiro atoms. The zero-order chi connectivity index (χ0) is 16.7. The molecule has 6 heteroatoms. The Morgan fingerprint density at radius 2 is 1.77 bits per heavy atom. The minimum atomic E-state index is -0.943. The van der Waals surface area contributed by atoms with E-state index in [4.69, 9.17) is 16.2 Å². The van der Waals surface area contributed by atoms with Crippen molar-refractivity contribution in [3.8, 4) is 0 Å². The van der Waals surface area contributed by atoms with Gasteiger partial charge in [0.15, 0.2) is 0 Å². The molecule has 0 aliphatic rings. The molecule has 0 saturated heterocycles. The van der Waals surface area contributed by atoms with E-state index >= 15 is 0 Å². The van der Waals surface area contributed by atoms with Gasteiger partial charge in [-0.3, -0.25) is 4.79 Å². The molecule has 0 fully saturated rings. The number of ether oxygens (including phenoxy) is 1. The Bertz CT molecular complexity index is 491. The van der Waals surface area contributed by atoms with Crippen molar-refractivity contribution >= 4 is 11.9 Å². The second kappa shape index (κ2) is 8.51. The van der Waals surface area contributed by atoms with Crippen LogP contribution in [0.2, 0.25) is 0 Å². The number of rotatable bonds is 7. The van der Waals surface area contributed by atoms with Crippen LogP contribution in [0.25, 0.3) is 0 Å². The Kier molecular flexibility index (Phi) is 7.01. The topological polar surface area (TPSA) is 107 Å². The van der Waals surface area contributed by atoms with E-state index < -0.39 is 30.0 Å². The summed E-state index contributed by atoms with van der Waals surface area (Å²) in [6, 6.07) is 6.84. The Balaban J connectivity index is 2.74. The molecular formula is C16H25N3O3. The zero-order valence-corrected chi connectivity index (χ0v) is 13.3. The first-order valence-electron chi connectivity index (χ1n) is 7.31. The lowest BCUT2D eigenvalue weighted by Crippen LogP contribution is -2.52. The van der Waals surface area contributed by atoms with E-state index in [-0.39, 0.29) is 5.92 Å². The minimum absolute atomic E-state index is 0.225. The largest absolute Gasteiger partial charge is 0.467 e. The first-order valence-corrected chi connectivity index (χ1v) is 7.31. The Morgan fingerprint density at radius 1 is 1.18 bits per heavy atom. The van der Waals surface area contributed by atoms with Crippen molar-refractivity contribution in [1.82, 2.24) is 5.32 Å². The quantitative estimate of drug-likeness (QED) is 0.643. The Labute approximate surface area is 131 Å². The van der Waals surface area contributed by atoms with Gasteiger partial charge in [-0.2, -0.15) is 0 Å². The van der Waals surface area contributed by atoms with Gasteiger partial charge < -0.3 is 21.5 Å². The SMILES string of the molecule is COC(=O)C(CC(C)C)NC(=O)C(N)C(N)c1ccccc1. The molecule has 5 N–H and O–H groups in total. The van der Waals surface area contributed by atoms with Crippen LogP contribution in [-0.2, 0) is 14.3 Å². The molecule has 1 aromatic rings. The Hall–Kier alpha value is -1.92. The van der Waals surface area contributed by atoms with Crippen LogP contribution in [0.3, 0.4) is 0 Å². The summed E-state index contributed by atoms with van der Waals surface area (Å²) in [6.07, 6.45) is 0.478. The van der Waals surface area contributed by atoms with Crippen LogP contribution in [-0.4, -0.2) is 31.1 Å². The van der Waals surface area contributed by atoms with Crippen LogP contribution in [0.15, 0.2) is 30.3 Å². The fraction of sp³-hybridized carbons (Fsp3) is 0.500. The van der Waals surface area contributed by atoms with E-state index in [2.05, 4.69) is 5.32 Å². The summed E-state index contributed by atoms with van der Waals surface area (Å²) in [5.41, 5.74) is 12.7. The lowest BCUT2D eigenvalue weighted by molar-refractivity contribution is -0.145. The number of carbonyl (C=O) groups excluding carboxylic acids is 2. The molecule has 0 aliphatic carbocycles. The van der Waals surface area contributed by atoms with Crippen molar-refractivity contribution in [2.45, 2.75) is 38.4 Å². The summed E-state index contributed by atoms with van der Waals surface area (Å²) in [5.74, 6) is -0.724. The fourth-order valence-corrected chi connectivity index (χ4v) is 2.14. The minimum Gasteiger partial charge on any atom is -0.467 e. The molecule has 3 atom stereocenters. The zero-order valence-electron chi connectivity index (χ0n) is 13.3. The van der Waals surface area contributed by atoms with E-state index in [1.807, 2.05) is 44.2 Å². The third kappa shape index (κ3) is 5.13. The number of hydrogen-bond acceptors (Lipinski definition) is 5. The maximum absolute atomic E-state index is 12.2. The standard InChI is InChI=1S/C16H25N3O3/c1-10(2)9-12(16(21)22-3)19-15(20)14(18)13(17)11-7-5-4-6-8-11/h4-8,10,12-14H,9,17-18H2,1-3H3,(H,19,20). The van der Waals surface area contributed by atoms with Gasteiger partial charge in [0.1, 0.15) is 12.1 Å². The lowest BCUT2D eigenvalue weighted by atomic mass is 9.99. The molecule has 0 saturated carbocycles. The van der Waals surface area contributed by atoms with Gasteiger partial charge in [0.05, 0.1) is 13.2 Å². The van der Waals surface area contributed by atoms with Crippen molar-refractivity contribution in [2.75, 3.05) is 7.11 Å². The predicted octanol–water partition coefficient (Wildman–Crippen LogP) is 0.718. The van der Waals surface area contributed by atoms with Crippen LogP contribution >= 0.6 is 0 Å². The van der Waals surface area contributed by atoms with E-state index in [1.165, 1.54) is 7.11 Å². The second-order valence-electron chi connectivity index (χ2n) is 5.68. The molecule has 0 aromatic heterocycles. The van der Waals surface area contributed by atoms with Gasteiger partial charge >= 0.3 is 5.97 Å². The number of hydrogen-bond donors (Lipinski definition) is 3. The third-order valence-electron chi connectivity index (χ3n) is 3.38. The van der Waals surface area contributed by atoms with Crippen LogP contribution < -0.4 is 16.8 Å². The van der Waals surface area contributed by atoms with Gasteiger partial charge in [-0.25, -0.2) is 4.79 Å². The summed E-state index contributed by atoms with van der Waals surface area (Å²) in [5, 5.41) is 2.63. The molecule has 22 heavy (non-hydrogen) atoms. The number of esters is 1. The summed E-state index contributed by atoms with van der Waals surface area (Å²) >= 11 is 0. The van der Waals surface area contributed by atoms with Crippen molar-refractivity contribution in [2.24, 2.45) is 17.4 Å². The molecule has 0 bridgehead atoms. The van der Waals surface area contributed by atoms with Gasteiger partial charge in [-0.05, 0) is 17.9 Å². The van der Waals surface area contributed by atoms with E-state index in [0.717, 1.165) is 5.56 Å². The molecule has 0 aliphatic heterocycles. The molecule has 1 amide bonds. The maximum atomic E-state index is 12.2. The smallest absolute Gasteiger partial charge is 0.328 e. The highest BCUT2D eigenvalue weighted by Gasteiger charge is 2.28. The lowest BCUT2D eigenvalue weighted by Gasteiger charge is -2.23. The fourth-order valence-electron chi connectivity index (χ4n) is 2.14. The predicted molar refractivity (Wildman–Crippen MR) is 84.7 cm³/mol. The highest BCUT2D eigenvalue weighted by Crippen LogP contribution is 2.13. The highest BCUT2D eigenvalue weighted by molar-refractivity contribution is 5.88. The molecule has 122 valence electrons. The third-order valence-corrected chi connectivity index (χ3v) is 3.38. The van der Waals surface area contributed by atoms with Gasteiger partial charge in [0.2, 0.25) is 5.91 Å². The van der Waals surface area contributed by atoms with Crippen molar-refractivity contribution in [3.63, 3.8) is 0 Å². The molecule has 0 radical (unpaired) electrons. The first kappa shape index (κ1) is 18.1. The normalized spacial score (nSPS) is 15.0. The van der Waals surface area contributed by atoms with Crippen molar-refractivity contribution in [1.29, 1.82) is 0 Å². The van der Waals surface area contributed by atoms with Gasteiger partial charge in [0.25, 0.3) is 0 Å². The number of amides is 1. The van der Waals surface area contributed by atoms with E-state index in [0.29, 0.717) is 6.42 Å². The summed E-state index contributed by atoms with van der Waals surface area (Å²) in [6.45, 7) is 3.91. The monoisotopic (exact) mass is 307 g/mol. The van der Waals surface area contributed by atoms with Crippen LogP contribution in [0.5, 0.6) is 0 Å². The number of nitrogens with one attached hydrogen (secondary N) is 1. The molecular weight excluding hydrogens is 282 g/mol. The number of carbonyl (C=O) groups is 2.